The summed E-state index contributed by atoms with van der Waals surface area (Å²) in [6.45, 7) is 10.3. The molecule has 2 N–H and O–H groups in total. The molecule has 84 valence electrons. The number of aliphatic imine (C=N–C) groups is 1. The van der Waals surface area contributed by atoms with E-state index >= 15 is 0 Å². The van der Waals surface area contributed by atoms with Gasteiger partial charge in [0.25, 0.3) is 0 Å². The monoisotopic (exact) mass is 201 g/mol. The smallest absolute Gasteiger partial charge is 0.191 e. The molecule has 0 heterocycles. The summed E-state index contributed by atoms with van der Waals surface area (Å²) in [5.41, 5.74) is 5.79. The van der Waals surface area contributed by atoms with Gasteiger partial charge in [0.05, 0.1) is 0 Å². The van der Waals surface area contributed by atoms with Crippen molar-refractivity contribution in [3.63, 3.8) is 0 Å². The molecule has 0 amide bonds. The third kappa shape index (κ3) is 5.80. The summed E-state index contributed by atoms with van der Waals surface area (Å²) in [5, 5.41) is 0. The van der Waals surface area contributed by atoms with Crippen LogP contribution < -0.4 is 5.73 Å². The Labute approximate surface area is 87.1 Å². The first-order valence-electron chi connectivity index (χ1n) is 5.38. The summed E-state index contributed by atoms with van der Waals surface area (Å²) in [4.78, 5) is 6.32. The lowest BCUT2D eigenvalue weighted by molar-refractivity contribution is 0.146. The van der Waals surface area contributed by atoms with E-state index < -0.39 is 0 Å². The van der Waals surface area contributed by atoms with E-state index in [2.05, 4.69) is 18.8 Å². The van der Waals surface area contributed by atoms with E-state index in [0.717, 1.165) is 39.3 Å². The maximum absolute atomic E-state index is 5.79. The molecule has 0 spiro atoms. The van der Waals surface area contributed by atoms with Crippen LogP contribution in [0.15, 0.2) is 4.99 Å². The Bertz CT molecular complexity index is 155. The maximum atomic E-state index is 5.79. The first-order valence-corrected chi connectivity index (χ1v) is 5.38. The first kappa shape index (κ1) is 13.2. The van der Waals surface area contributed by atoms with Gasteiger partial charge in [0.2, 0.25) is 0 Å². The highest BCUT2D eigenvalue weighted by atomic mass is 16.5. The predicted octanol–water partition coefficient (Wildman–Crippen LogP) is 1.07. The van der Waals surface area contributed by atoms with Crippen molar-refractivity contribution in [1.29, 1.82) is 0 Å². The summed E-state index contributed by atoms with van der Waals surface area (Å²) >= 11 is 0. The van der Waals surface area contributed by atoms with Crippen LogP contribution in [0.2, 0.25) is 0 Å². The summed E-state index contributed by atoms with van der Waals surface area (Å²) in [6.07, 6.45) is 0.940. The maximum Gasteiger partial charge on any atom is 0.191 e. The van der Waals surface area contributed by atoms with Crippen LogP contribution in [0.25, 0.3) is 0 Å². The summed E-state index contributed by atoms with van der Waals surface area (Å²) < 4.78 is 5.20. The van der Waals surface area contributed by atoms with Crippen LogP contribution in [-0.4, -0.2) is 43.7 Å². The number of ether oxygens (including phenoxy) is 1. The van der Waals surface area contributed by atoms with E-state index in [4.69, 9.17) is 10.5 Å². The van der Waals surface area contributed by atoms with Crippen LogP contribution in [0.4, 0.5) is 0 Å². The fraction of sp³-hybridized carbons (Fsp3) is 0.900. The predicted molar refractivity (Wildman–Crippen MR) is 60.5 cm³/mol. The zero-order chi connectivity index (χ0) is 10.8. The lowest BCUT2D eigenvalue weighted by Gasteiger charge is -2.19. The zero-order valence-electron chi connectivity index (χ0n) is 9.62. The second-order valence-corrected chi connectivity index (χ2v) is 2.96. The molecule has 0 rings (SSSR count). The van der Waals surface area contributed by atoms with Crippen molar-refractivity contribution in [3.8, 4) is 0 Å². The van der Waals surface area contributed by atoms with E-state index in [9.17, 15) is 0 Å². The summed E-state index contributed by atoms with van der Waals surface area (Å²) in [5.74, 6) is 0.645. The molecule has 4 nitrogen and oxygen atoms in total. The molecule has 0 aromatic heterocycles. The van der Waals surface area contributed by atoms with E-state index in [1.54, 1.807) is 0 Å². The highest BCUT2D eigenvalue weighted by Crippen LogP contribution is 1.89. The fourth-order valence-corrected chi connectivity index (χ4v) is 1.15. The number of hydrogen-bond donors (Lipinski definition) is 1. The van der Waals surface area contributed by atoms with Crippen molar-refractivity contribution < 1.29 is 4.74 Å². The lowest BCUT2D eigenvalue weighted by atomic mass is 10.4. The van der Waals surface area contributed by atoms with Crippen LogP contribution in [0, 0.1) is 0 Å². The van der Waals surface area contributed by atoms with Gasteiger partial charge in [-0.25, -0.2) is 0 Å². The first-order chi connectivity index (χ1) is 6.76. The molecule has 0 aliphatic heterocycles. The molecular weight excluding hydrogens is 178 g/mol. The minimum Gasteiger partial charge on any atom is -0.382 e. The lowest BCUT2D eigenvalue weighted by Crippen LogP contribution is -2.37. The standard InChI is InChI=1S/C10H23N3O/c1-4-13(5-2)10(11)12-8-7-9-14-6-3/h4-9H2,1-3H3,(H2,11,12). The average Bonchev–Trinajstić information content (AvgIpc) is 2.19. The number of nitrogens with two attached hydrogens (primary N) is 1. The highest BCUT2D eigenvalue weighted by Gasteiger charge is 2.00. The molecular formula is C10H23N3O. The van der Waals surface area contributed by atoms with Gasteiger partial charge >= 0.3 is 0 Å². The Morgan fingerprint density at radius 1 is 1.29 bits per heavy atom. The van der Waals surface area contributed by atoms with Gasteiger partial charge in [-0.15, -0.1) is 0 Å². The van der Waals surface area contributed by atoms with Gasteiger partial charge in [-0.05, 0) is 27.2 Å². The Hall–Kier alpha value is -0.770. The van der Waals surface area contributed by atoms with Crippen molar-refractivity contribution in [3.05, 3.63) is 0 Å². The molecule has 0 saturated heterocycles. The van der Waals surface area contributed by atoms with Crippen LogP contribution in [0.5, 0.6) is 0 Å². The van der Waals surface area contributed by atoms with Gasteiger partial charge in [0.15, 0.2) is 5.96 Å². The second kappa shape index (κ2) is 8.81. The number of guanidine groups is 1. The van der Waals surface area contributed by atoms with E-state index in [1.165, 1.54) is 0 Å². The Kier molecular flexibility index (Phi) is 8.33. The second-order valence-electron chi connectivity index (χ2n) is 2.96. The number of hydrogen-bond acceptors (Lipinski definition) is 2. The minimum absolute atomic E-state index is 0.645. The van der Waals surface area contributed by atoms with Gasteiger partial charge < -0.3 is 15.4 Å². The van der Waals surface area contributed by atoms with E-state index in [-0.39, 0.29) is 0 Å². The largest absolute Gasteiger partial charge is 0.382 e. The Morgan fingerprint density at radius 3 is 2.43 bits per heavy atom. The Balaban J connectivity index is 3.64. The molecule has 4 heteroatoms. The number of rotatable bonds is 7. The molecule has 14 heavy (non-hydrogen) atoms. The van der Waals surface area contributed by atoms with Gasteiger partial charge in [-0.1, -0.05) is 0 Å². The number of nitrogens with zero attached hydrogens (tertiary/aromatic N) is 2. The molecule has 0 aliphatic rings. The van der Waals surface area contributed by atoms with Crippen LogP contribution in [0.3, 0.4) is 0 Å². The summed E-state index contributed by atoms with van der Waals surface area (Å²) in [6, 6.07) is 0. The molecule has 0 bridgehead atoms. The molecule has 0 aliphatic carbocycles. The molecule has 0 atom stereocenters. The van der Waals surface area contributed by atoms with Crippen molar-refractivity contribution in [2.24, 2.45) is 10.7 Å². The summed E-state index contributed by atoms with van der Waals surface area (Å²) in [7, 11) is 0. The van der Waals surface area contributed by atoms with Gasteiger partial charge in [-0.2, -0.15) is 0 Å². The zero-order valence-corrected chi connectivity index (χ0v) is 9.62. The molecule has 0 fully saturated rings. The van der Waals surface area contributed by atoms with Crippen LogP contribution in [0.1, 0.15) is 27.2 Å². The van der Waals surface area contributed by atoms with Gasteiger partial charge in [-0.3, -0.25) is 4.99 Å². The molecule has 0 aromatic rings. The highest BCUT2D eigenvalue weighted by molar-refractivity contribution is 5.77. The van der Waals surface area contributed by atoms with Crippen LogP contribution >= 0.6 is 0 Å². The topological polar surface area (TPSA) is 50.9 Å². The normalized spacial score (nSPS) is 11.8. The molecule has 0 aromatic carbocycles. The fourth-order valence-electron chi connectivity index (χ4n) is 1.15. The SMILES string of the molecule is CCOCCCN=C(N)N(CC)CC. The van der Waals surface area contributed by atoms with Gasteiger partial charge in [0.1, 0.15) is 0 Å². The van der Waals surface area contributed by atoms with E-state index in [1.807, 2.05) is 11.8 Å². The third-order valence-electron chi connectivity index (χ3n) is 2.01. The third-order valence-corrected chi connectivity index (χ3v) is 2.01. The molecule has 0 radical (unpaired) electrons. The van der Waals surface area contributed by atoms with Crippen molar-refractivity contribution in [2.75, 3.05) is 32.8 Å². The minimum atomic E-state index is 0.645. The van der Waals surface area contributed by atoms with Crippen molar-refractivity contribution in [1.82, 2.24) is 4.90 Å². The Morgan fingerprint density at radius 2 is 1.93 bits per heavy atom. The molecule has 0 saturated carbocycles. The van der Waals surface area contributed by atoms with Crippen molar-refractivity contribution >= 4 is 5.96 Å². The quantitative estimate of drug-likeness (QED) is 0.381. The van der Waals surface area contributed by atoms with E-state index in [0.29, 0.717) is 5.96 Å². The van der Waals surface area contributed by atoms with Gasteiger partial charge in [0, 0.05) is 32.8 Å². The average molecular weight is 201 g/mol. The van der Waals surface area contributed by atoms with Crippen molar-refractivity contribution in [2.45, 2.75) is 27.2 Å². The molecule has 0 unspecified atom stereocenters. The van der Waals surface area contributed by atoms with Crippen LogP contribution in [-0.2, 0) is 4.74 Å².